The van der Waals surface area contributed by atoms with Gasteiger partial charge >= 0.3 is 0 Å². The van der Waals surface area contributed by atoms with E-state index in [2.05, 4.69) is 29.3 Å². The molecule has 18 heavy (non-hydrogen) atoms. The zero-order valence-corrected chi connectivity index (χ0v) is 10.9. The second-order valence-corrected chi connectivity index (χ2v) is 4.64. The van der Waals surface area contributed by atoms with Crippen molar-refractivity contribution in [3.8, 4) is 11.1 Å². The predicted molar refractivity (Wildman–Crippen MR) is 76.3 cm³/mol. The van der Waals surface area contributed by atoms with E-state index in [9.17, 15) is 0 Å². The summed E-state index contributed by atoms with van der Waals surface area (Å²) in [6.07, 6.45) is 6.04. The van der Waals surface area contributed by atoms with Crippen molar-refractivity contribution in [3.05, 3.63) is 36.0 Å². The molecule has 0 saturated carbocycles. The standard InChI is InChI=1S/C15H21N3/c1-2-3-4-8-11-13-14(15(16)18-17-13)12-9-6-5-7-10-12/h5-7,9-10H,2-4,8,11H2,1H3,(H3,16,17,18). The Bertz CT molecular complexity index is 474. The van der Waals surface area contributed by atoms with Crippen LogP contribution in [0.15, 0.2) is 30.3 Å². The SMILES string of the molecule is CCCCCCc1[nH]nc(N)c1-c1ccccc1. The van der Waals surface area contributed by atoms with Gasteiger partial charge < -0.3 is 5.73 Å². The summed E-state index contributed by atoms with van der Waals surface area (Å²) >= 11 is 0. The Morgan fingerprint density at radius 2 is 1.89 bits per heavy atom. The van der Waals surface area contributed by atoms with Crippen LogP contribution in [0, 0.1) is 0 Å². The highest BCUT2D eigenvalue weighted by Crippen LogP contribution is 2.28. The van der Waals surface area contributed by atoms with Gasteiger partial charge in [0, 0.05) is 11.3 Å². The van der Waals surface area contributed by atoms with Crippen molar-refractivity contribution in [1.82, 2.24) is 10.2 Å². The summed E-state index contributed by atoms with van der Waals surface area (Å²) in [7, 11) is 0. The fourth-order valence-corrected chi connectivity index (χ4v) is 2.23. The number of aromatic nitrogens is 2. The van der Waals surface area contributed by atoms with Crippen molar-refractivity contribution in [1.29, 1.82) is 0 Å². The maximum Gasteiger partial charge on any atom is 0.153 e. The highest BCUT2D eigenvalue weighted by atomic mass is 15.2. The average Bonchev–Trinajstić information content (AvgIpc) is 2.77. The third-order valence-electron chi connectivity index (χ3n) is 3.21. The van der Waals surface area contributed by atoms with Gasteiger partial charge in [-0.25, -0.2) is 0 Å². The summed E-state index contributed by atoms with van der Waals surface area (Å²) in [6.45, 7) is 2.23. The minimum absolute atomic E-state index is 0.603. The van der Waals surface area contributed by atoms with E-state index in [0.717, 1.165) is 23.2 Å². The van der Waals surface area contributed by atoms with Gasteiger partial charge in [0.25, 0.3) is 0 Å². The summed E-state index contributed by atoms with van der Waals surface area (Å²) in [5.41, 5.74) is 9.35. The van der Waals surface area contributed by atoms with E-state index in [1.54, 1.807) is 0 Å². The molecule has 0 spiro atoms. The molecule has 0 bridgehead atoms. The second-order valence-electron chi connectivity index (χ2n) is 4.64. The number of nitrogens with one attached hydrogen (secondary N) is 1. The van der Waals surface area contributed by atoms with E-state index in [0.29, 0.717) is 5.82 Å². The highest BCUT2D eigenvalue weighted by Gasteiger charge is 2.11. The quantitative estimate of drug-likeness (QED) is 0.758. The number of nitrogen functional groups attached to an aromatic ring is 1. The molecule has 1 aromatic heterocycles. The summed E-state index contributed by atoms with van der Waals surface area (Å²) in [4.78, 5) is 0. The molecule has 3 nitrogen and oxygen atoms in total. The molecular weight excluding hydrogens is 222 g/mol. The maximum atomic E-state index is 5.96. The lowest BCUT2D eigenvalue weighted by Crippen LogP contribution is -1.92. The first-order valence-corrected chi connectivity index (χ1v) is 6.71. The Morgan fingerprint density at radius 1 is 1.11 bits per heavy atom. The van der Waals surface area contributed by atoms with Crippen molar-refractivity contribution < 1.29 is 0 Å². The van der Waals surface area contributed by atoms with Crippen molar-refractivity contribution in [2.45, 2.75) is 39.0 Å². The number of unbranched alkanes of at least 4 members (excludes halogenated alkanes) is 3. The van der Waals surface area contributed by atoms with Gasteiger partial charge in [0.1, 0.15) is 0 Å². The van der Waals surface area contributed by atoms with Crippen LogP contribution in [-0.4, -0.2) is 10.2 Å². The molecule has 1 aromatic carbocycles. The van der Waals surface area contributed by atoms with Gasteiger partial charge in [0.05, 0.1) is 0 Å². The van der Waals surface area contributed by atoms with Crippen LogP contribution in [0.25, 0.3) is 11.1 Å². The first-order valence-electron chi connectivity index (χ1n) is 6.71. The van der Waals surface area contributed by atoms with Crippen LogP contribution in [0.4, 0.5) is 5.82 Å². The topological polar surface area (TPSA) is 54.7 Å². The van der Waals surface area contributed by atoms with Crippen molar-refractivity contribution in [2.75, 3.05) is 5.73 Å². The smallest absolute Gasteiger partial charge is 0.153 e. The molecule has 0 aliphatic carbocycles. The first-order chi connectivity index (χ1) is 8.83. The van der Waals surface area contributed by atoms with Crippen LogP contribution >= 0.6 is 0 Å². The lowest BCUT2D eigenvalue weighted by atomic mass is 10.0. The van der Waals surface area contributed by atoms with E-state index >= 15 is 0 Å². The van der Waals surface area contributed by atoms with Gasteiger partial charge in [-0.15, -0.1) is 0 Å². The van der Waals surface area contributed by atoms with Crippen LogP contribution in [-0.2, 0) is 6.42 Å². The molecule has 0 aliphatic rings. The third-order valence-corrected chi connectivity index (χ3v) is 3.21. The van der Waals surface area contributed by atoms with Crippen LogP contribution in [0.5, 0.6) is 0 Å². The molecule has 96 valence electrons. The zero-order chi connectivity index (χ0) is 12.8. The Hall–Kier alpha value is -1.77. The number of benzene rings is 1. The Kier molecular flexibility index (Phi) is 4.40. The number of aromatic amines is 1. The average molecular weight is 243 g/mol. The number of nitrogens with zero attached hydrogens (tertiary/aromatic N) is 1. The van der Waals surface area contributed by atoms with Crippen molar-refractivity contribution in [2.24, 2.45) is 0 Å². The Labute approximate surface area is 108 Å². The molecule has 0 atom stereocenters. The number of H-pyrrole nitrogens is 1. The highest BCUT2D eigenvalue weighted by molar-refractivity contribution is 5.76. The first kappa shape index (κ1) is 12.7. The van der Waals surface area contributed by atoms with Crippen LogP contribution in [0.1, 0.15) is 38.3 Å². The molecule has 3 heteroatoms. The number of rotatable bonds is 6. The lowest BCUT2D eigenvalue weighted by molar-refractivity contribution is 0.660. The summed E-state index contributed by atoms with van der Waals surface area (Å²) in [5, 5.41) is 7.22. The van der Waals surface area contributed by atoms with Gasteiger partial charge in [0.2, 0.25) is 0 Å². The summed E-state index contributed by atoms with van der Waals surface area (Å²) in [6, 6.07) is 10.2. The van der Waals surface area contributed by atoms with E-state index in [1.165, 1.54) is 25.7 Å². The van der Waals surface area contributed by atoms with Gasteiger partial charge in [-0.2, -0.15) is 5.10 Å². The number of nitrogens with two attached hydrogens (primary N) is 1. The van der Waals surface area contributed by atoms with E-state index < -0.39 is 0 Å². The molecule has 3 N–H and O–H groups in total. The number of aryl methyl sites for hydroxylation is 1. The number of hydrogen-bond donors (Lipinski definition) is 2. The zero-order valence-electron chi connectivity index (χ0n) is 10.9. The van der Waals surface area contributed by atoms with E-state index in [4.69, 9.17) is 5.73 Å². The lowest BCUT2D eigenvalue weighted by Gasteiger charge is -2.04. The fraction of sp³-hybridized carbons (Fsp3) is 0.400. The molecule has 0 aliphatic heterocycles. The minimum Gasteiger partial charge on any atom is -0.382 e. The molecule has 2 aromatic rings. The van der Waals surface area contributed by atoms with E-state index in [1.807, 2.05) is 18.2 Å². The van der Waals surface area contributed by atoms with Crippen LogP contribution in [0.3, 0.4) is 0 Å². The third kappa shape index (κ3) is 2.92. The monoisotopic (exact) mass is 243 g/mol. The summed E-state index contributed by atoms with van der Waals surface area (Å²) < 4.78 is 0. The van der Waals surface area contributed by atoms with Crippen molar-refractivity contribution in [3.63, 3.8) is 0 Å². The van der Waals surface area contributed by atoms with Crippen LogP contribution < -0.4 is 5.73 Å². The van der Waals surface area contributed by atoms with Gasteiger partial charge in [-0.05, 0) is 18.4 Å². The Morgan fingerprint density at radius 3 is 2.61 bits per heavy atom. The number of anilines is 1. The molecule has 0 saturated heterocycles. The summed E-state index contributed by atoms with van der Waals surface area (Å²) in [5.74, 6) is 0.603. The largest absolute Gasteiger partial charge is 0.382 e. The molecule has 0 unspecified atom stereocenters. The Balaban J connectivity index is 2.12. The van der Waals surface area contributed by atoms with Gasteiger partial charge in [-0.3, -0.25) is 5.10 Å². The normalized spacial score (nSPS) is 10.7. The van der Waals surface area contributed by atoms with Crippen molar-refractivity contribution >= 4 is 5.82 Å². The minimum atomic E-state index is 0.603. The van der Waals surface area contributed by atoms with Gasteiger partial charge in [-0.1, -0.05) is 56.5 Å². The molecule has 0 radical (unpaired) electrons. The van der Waals surface area contributed by atoms with Crippen LogP contribution in [0.2, 0.25) is 0 Å². The predicted octanol–water partition coefficient (Wildman–Crippen LogP) is 3.78. The maximum absolute atomic E-state index is 5.96. The van der Waals surface area contributed by atoms with E-state index in [-0.39, 0.29) is 0 Å². The van der Waals surface area contributed by atoms with Gasteiger partial charge in [0.15, 0.2) is 5.82 Å². The second kappa shape index (κ2) is 6.24. The molecule has 0 fully saturated rings. The molecule has 0 amide bonds. The fourth-order valence-electron chi connectivity index (χ4n) is 2.23. The molecule has 2 rings (SSSR count). The molecule has 1 heterocycles. The molecular formula is C15H21N3. The number of hydrogen-bond acceptors (Lipinski definition) is 2.